The van der Waals surface area contributed by atoms with E-state index in [9.17, 15) is 35.9 Å². The first-order valence-electron chi connectivity index (χ1n) is 19.7. The summed E-state index contributed by atoms with van der Waals surface area (Å²) in [6.45, 7) is 0.921. The van der Waals surface area contributed by atoms with Crippen molar-refractivity contribution < 1.29 is 21.0 Å². The highest BCUT2D eigenvalue weighted by Gasteiger charge is 2.27. The van der Waals surface area contributed by atoms with Crippen LogP contribution in [0.2, 0.25) is 0 Å². The second kappa shape index (κ2) is 19.0. The van der Waals surface area contributed by atoms with Crippen molar-refractivity contribution in [3.8, 4) is 12.1 Å². The summed E-state index contributed by atoms with van der Waals surface area (Å²) in [5.74, 6) is 0.422. The number of nitrogens with one attached hydrogen (secondary N) is 1. The molecular formula is C40H47N11O7S3. The van der Waals surface area contributed by atoms with Gasteiger partial charge in [-0.2, -0.15) is 15.5 Å². The molecule has 1 saturated heterocycles. The van der Waals surface area contributed by atoms with Crippen LogP contribution >= 0.6 is 0 Å². The van der Waals surface area contributed by atoms with Gasteiger partial charge in [-0.1, -0.05) is 25.7 Å². The Morgan fingerprint density at radius 1 is 0.754 bits per heavy atom. The van der Waals surface area contributed by atoms with Gasteiger partial charge < -0.3 is 11.1 Å². The zero-order chi connectivity index (χ0) is 44.1. The number of anilines is 2. The molecular weight excluding hydrogens is 843 g/mol. The molecule has 2 aliphatic carbocycles. The Kier molecular flexibility index (Phi) is 14.0. The first kappa shape index (κ1) is 44.9. The van der Waals surface area contributed by atoms with Gasteiger partial charge in [0.05, 0.1) is 22.0 Å². The maximum Gasteiger partial charge on any atom is 0.270 e. The maximum atomic E-state index is 12.8. The minimum absolute atomic E-state index is 0.0547. The summed E-state index contributed by atoms with van der Waals surface area (Å²) in [5.41, 5.74) is 6.57. The van der Waals surface area contributed by atoms with Gasteiger partial charge in [-0.15, -0.1) is 0 Å². The van der Waals surface area contributed by atoms with Crippen molar-refractivity contribution in [3.63, 3.8) is 0 Å². The topological polar surface area (TPSA) is 270 Å². The van der Waals surface area contributed by atoms with E-state index in [4.69, 9.17) is 11.0 Å². The van der Waals surface area contributed by atoms with Gasteiger partial charge in [0.15, 0.2) is 9.84 Å². The van der Waals surface area contributed by atoms with Gasteiger partial charge in [0, 0.05) is 72.6 Å². The molecule has 0 bridgehead atoms. The third-order valence-corrected chi connectivity index (χ3v) is 14.1. The Hall–Kier alpha value is -5.61. The van der Waals surface area contributed by atoms with Crippen LogP contribution in [0.15, 0.2) is 68.4 Å². The highest BCUT2D eigenvalue weighted by Crippen LogP contribution is 2.32. The van der Waals surface area contributed by atoms with Crippen LogP contribution in [0.25, 0.3) is 22.1 Å². The van der Waals surface area contributed by atoms with Gasteiger partial charge in [-0.25, -0.2) is 36.1 Å². The summed E-state index contributed by atoms with van der Waals surface area (Å²) in [5, 5.41) is 23.3. The van der Waals surface area contributed by atoms with Gasteiger partial charge in [-0.3, -0.25) is 22.9 Å². The van der Waals surface area contributed by atoms with Gasteiger partial charge in [0.1, 0.15) is 34.6 Å². The number of nitriles is 2. The van der Waals surface area contributed by atoms with E-state index in [0.717, 1.165) is 51.4 Å². The Labute approximate surface area is 355 Å². The molecule has 3 N–H and O–H groups in total. The number of hydrogen-bond donors (Lipinski definition) is 2. The molecule has 0 radical (unpaired) electrons. The Morgan fingerprint density at radius 2 is 1.23 bits per heavy atom. The lowest BCUT2D eigenvalue weighted by atomic mass is 10.1. The number of benzene rings is 1. The molecule has 322 valence electrons. The third-order valence-electron chi connectivity index (χ3n) is 11.0. The molecule has 8 rings (SSSR count). The van der Waals surface area contributed by atoms with E-state index in [-0.39, 0.29) is 45.5 Å². The molecule has 0 spiro atoms. The molecule has 1 atom stereocenters. The number of nitrogens with zero attached hydrogens (tertiary/aromatic N) is 9. The smallest absolute Gasteiger partial charge is 0.270 e. The van der Waals surface area contributed by atoms with E-state index >= 15 is 0 Å². The van der Waals surface area contributed by atoms with E-state index < -0.39 is 30.7 Å². The number of fused-ring (bicyclic) bond motifs is 2. The zero-order valence-corrected chi connectivity index (χ0v) is 36.5. The summed E-state index contributed by atoms with van der Waals surface area (Å²) < 4.78 is 61.5. The van der Waals surface area contributed by atoms with Crippen molar-refractivity contribution in [3.05, 3.63) is 80.6 Å². The number of rotatable bonds is 7. The lowest BCUT2D eigenvalue weighted by Crippen LogP contribution is -2.42. The quantitative estimate of drug-likeness (QED) is 0.174. The van der Waals surface area contributed by atoms with Crippen molar-refractivity contribution >= 4 is 64.4 Å². The summed E-state index contributed by atoms with van der Waals surface area (Å²) >= 11 is 0. The SMILES string of the molecule is CS(=O)(=O)N1CCC(Nc2ncc3cc(C#N)c(=O)n(C4CCCC4)c3n2)CC1.CS(=O)(=O)c1ccc(N)cc1.CS(=O)c1ncc2cc(C#N)c(=O)n(C3CCCC3)c2n1. The molecule has 18 nitrogen and oxygen atoms in total. The number of piperidine rings is 1. The summed E-state index contributed by atoms with van der Waals surface area (Å²) in [6, 6.07) is 13.3. The van der Waals surface area contributed by atoms with Crippen LogP contribution in [0.5, 0.6) is 0 Å². The molecule has 1 aliphatic heterocycles. The molecule has 0 amide bonds. The summed E-state index contributed by atoms with van der Waals surface area (Å²) in [4.78, 5) is 42.9. The fourth-order valence-electron chi connectivity index (χ4n) is 7.82. The van der Waals surface area contributed by atoms with E-state index in [1.165, 1.54) is 47.5 Å². The molecule has 3 fully saturated rings. The van der Waals surface area contributed by atoms with E-state index in [2.05, 4.69) is 25.3 Å². The first-order valence-corrected chi connectivity index (χ1v) is 25.0. The second-order valence-corrected chi connectivity index (χ2v) is 20.6. The maximum absolute atomic E-state index is 12.8. The van der Waals surface area contributed by atoms with Crippen LogP contribution < -0.4 is 22.2 Å². The summed E-state index contributed by atoms with van der Waals surface area (Å²) in [7, 11) is -7.55. The Bertz CT molecular complexity index is 2890. The number of pyridine rings is 2. The average Bonchev–Trinajstić information content (AvgIpc) is 3.96. The van der Waals surface area contributed by atoms with Crippen LogP contribution in [0.1, 0.15) is 87.4 Å². The number of aromatic nitrogens is 6. The van der Waals surface area contributed by atoms with Crippen LogP contribution in [-0.2, 0) is 30.7 Å². The fourth-order valence-corrected chi connectivity index (χ4v) is 9.75. The van der Waals surface area contributed by atoms with Crippen LogP contribution in [-0.4, -0.2) is 92.3 Å². The minimum Gasteiger partial charge on any atom is -0.399 e. The van der Waals surface area contributed by atoms with Gasteiger partial charge in [0.2, 0.25) is 21.1 Å². The van der Waals surface area contributed by atoms with Crippen LogP contribution in [0.4, 0.5) is 11.6 Å². The molecule has 1 unspecified atom stereocenters. The van der Waals surface area contributed by atoms with E-state index in [0.29, 0.717) is 64.5 Å². The van der Waals surface area contributed by atoms with Gasteiger partial charge in [-0.05, 0) is 74.9 Å². The van der Waals surface area contributed by atoms with Crippen LogP contribution in [0, 0.1) is 22.7 Å². The standard InChI is InChI=1S/C19H24N6O3S.C14H14N4O2S.C7H9NO2S/c1-29(27,28)24-8-6-15(7-9-24)22-19-21-12-14-10-13(11-20)18(26)25(17(14)23-19)16-4-2-3-5-16;1-21(20)14-16-8-10-6-9(7-15)13(19)18(12(10)17-14)11-4-2-3-5-11;1-11(9,10)7-4-2-6(8)3-5-7/h10,12,15-16H,2-9H2,1H3,(H,21,22,23);6,8,11H,2-5H2,1H3;2-5H,8H2,1H3. The molecule has 1 aromatic carbocycles. The normalized spacial score (nSPS) is 17.1. The van der Waals surface area contributed by atoms with Gasteiger partial charge >= 0.3 is 0 Å². The molecule has 5 heterocycles. The summed E-state index contributed by atoms with van der Waals surface area (Å²) in [6.07, 6.45) is 16.3. The number of hydrogen-bond acceptors (Lipinski definition) is 15. The molecule has 21 heteroatoms. The van der Waals surface area contributed by atoms with Crippen molar-refractivity contribution in [1.82, 2.24) is 33.4 Å². The average molecular weight is 890 g/mol. The number of nitrogens with two attached hydrogens (primary N) is 1. The number of nitrogen functional groups attached to an aromatic ring is 1. The monoisotopic (exact) mass is 889 g/mol. The fraction of sp³-hybridized carbons (Fsp3) is 0.450. The molecule has 61 heavy (non-hydrogen) atoms. The van der Waals surface area contributed by atoms with Crippen molar-refractivity contribution in [2.24, 2.45) is 0 Å². The van der Waals surface area contributed by atoms with Gasteiger partial charge in [0.25, 0.3) is 11.1 Å². The van der Waals surface area contributed by atoms with Crippen molar-refractivity contribution in [2.45, 2.75) is 92.4 Å². The lowest BCUT2D eigenvalue weighted by Gasteiger charge is -2.30. The molecule has 4 aromatic heterocycles. The van der Waals surface area contributed by atoms with Crippen LogP contribution in [0.3, 0.4) is 0 Å². The van der Waals surface area contributed by atoms with E-state index in [1.54, 1.807) is 33.5 Å². The number of sulfonamides is 1. The van der Waals surface area contributed by atoms with Crippen molar-refractivity contribution in [2.75, 3.05) is 42.9 Å². The molecule has 5 aromatic rings. The van der Waals surface area contributed by atoms with Crippen molar-refractivity contribution in [1.29, 1.82) is 10.5 Å². The van der Waals surface area contributed by atoms with E-state index in [1.807, 2.05) is 12.1 Å². The lowest BCUT2D eigenvalue weighted by molar-refractivity contribution is 0.331. The molecule has 3 aliphatic rings. The number of sulfone groups is 1. The third kappa shape index (κ3) is 10.7. The predicted octanol–water partition coefficient (Wildman–Crippen LogP) is 3.80. The highest BCUT2D eigenvalue weighted by molar-refractivity contribution is 7.90. The first-order chi connectivity index (χ1) is 29.0. The zero-order valence-electron chi connectivity index (χ0n) is 34.0. The second-order valence-electron chi connectivity index (χ2n) is 15.3. The predicted molar refractivity (Wildman–Crippen MR) is 231 cm³/mol. The highest BCUT2D eigenvalue weighted by atomic mass is 32.2. The molecule has 2 saturated carbocycles. The Morgan fingerprint density at radius 3 is 1.67 bits per heavy atom. The Balaban J connectivity index is 0.000000169. The largest absolute Gasteiger partial charge is 0.399 e. The minimum atomic E-state index is -3.17.